The normalized spacial score (nSPS) is 13.8. The van der Waals surface area contributed by atoms with Crippen LogP contribution in [-0.2, 0) is 20.7 Å². The molecule has 0 N–H and O–H groups in total. The highest BCUT2D eigenvalue weighted by molar-refractivity contribution is 5.78. The van der Waals surface area contributed by atoms with Gasteiger partial charge in [0.25, 0.3) is 0 Å². The van der Waals surface area contributed by atoms with Crippen molar-refractivity contribution in [2.45, 2.75) is 19.3 Å². The van der Waals surface area contributed by atoms with Gasteiger partial charge in [-0.25, -0.2) is 0 Å². The van der Waals surface area contributed by atoms with Gasteiger partial charge in [-0.05, 0) is 42.2 Å². The minimum Gasteiger partial charge on any atom is -0.497 e. The van der Waals surface area contributed by atoms with Gasteiger partial charge in [0, 0.05) is 5.56 Å². The average molecular weight is 262 g/mol. The average Bonchev–Trinajstić information content (AvgIpc) is 2.46. The summed E-state index contributed by atoms with van der Waals surface area (Å²) in [6.45, 7) is 0. The number of hydrogen-bond acceptors (Lipinski definition) is 4. The number of fused-ring (bicyclic) bond motifs is 1. The van der Waals surface area contributed by atoms with Crippen LogP contribution >= 0.6 is 0 Å². The highest BCUT2D eigenvalue weighted by atomic mass is 16.5. The lowest BCUT2D eigenvalue weighted by molar-refractivity contribution is -0.139. The van der Waals surface area contributed by atoms with Gasteiger partial charge in [-0.3, -0.25) is 4.79 Å². The molecule has 0 heterocycles. The Balaban J connectivity index is 2.38. The fourth-order valence-corrected chi connectivity index (χ4v) is 2.38. The third kappa shape index (κ3) is 2.72. The molecule has 2 rings (SSSR count). The van der Waals surface area contributed by atoms with Crippen LogP contribution in [-0.4, -0.2) is 27.3 Å². The number of hydrogen-bond donors (Lipinski definition) is 0. The molecule has 0 saturated heterocycles. The first-order valence-corrected chi connectivity index (χ1v) is 6.19. The summed E-state index contributed by atoms with van der Waals surface area (Å²) in [5.74, 6) is 1.39. The Morgan fingerprint density at radius 1 is 1.16 bits per heavy atom. The second-order valence-corrected chi connectivity index (χ2v) is 4.41. The minimum atomic E-state index is -0.235. The first kappa shape index (κ1) is 13.5. The van der Waals surface area contributed by atoms with Crippen molar-refractivity contribution in [3.63, 3.8) is 0 Å². The summed E-state index contributed by atoms with van der Waals surface area (Å²) < 4.78 is 15.4. The lowest BCUT2D eigenvalue weighted by Gasteiger charge is -2.22. The maximum absolute atomic E-state index is 11.4. The monoisotopic (exact) mass is 262 g/mol. The summed E-state index contributed by atoms with van der Waals surface area (Å²) in [5, 5.41) is 0. The number of benzene rings is 1. The van der Waals surface area contributed by atoms with Crippen molar-refractivity contribution in [2.24, 2.45) is 0 Å². The SMILES string of the molecule is COC(=O)CC1=C(OC)c2ccc(OC)cc2CC1. The van der Waals surface area contributed by atoms with E-state index in [9.17, 15) is 4.79 Å². The van der Waals surface area contributed by atoms with Crippen LogP contribution in [0.15, 0.2) is 23.8 Å². The van der Waals surface area contributed by atoms with Crippen LogP contribution in [0.3, 0.4) is 0 Å². The first-order chi connectivity index (χ1) is 9.19. The zero-order chi connectivity index (χ0) is 13.8. The number of carbonyl (C=O) groups excluding carboxylic acids is 1. The van der Waals surface area contributed by atoms with Crippen LogP contribution in [0.25, 0.3) is 5.76 Å². The minimum absolute atomic E-state index is 0.235. The number of aryl methyl sites for hydroxylation is 1. The van der Waals surface area contributed by atoms with E-state index >= 15 is 0 Å². The molecule has 1 aliphatic rings. The Hall–Kier alpha value is -1.97. The summed E-state index contributed by atoms with van der Waals surface area (Å²) in [5.41, 5.74) is 3.21. The van der Waals surface area contributed by atoms with Crippen LogP contribution in [0.5, 0.6) is 5.75 Å². The van der Waals surface area contributed by atoms with Gasteiger partial charge in [0.1, 0.15) is 11.5 Å². The van der Waals surface area contributed by atoms with E-state index < -0.39 is 0 Å². The van der Waals surface area contributed by atoms with Crippen LogP contribution in [0.1, 0.15) is 24.0 Å². The number of esters is 1. The fourth-order valence-electron chi connectivity index (χ4n) is 2.38. The van der Waals surface area contributed by atoms with Gasteiger partial charge >= 0.3 is 5.97 Å². The van der Waals surface area contributed by atoms with E-state index in [-0.39, 0.29) is 12.4 Å². The van der Waals surface area contributed by atoms with Gasteiger partial charge in [0.05, 0.1) is 27.8 Å². The maximum Gasteiger partial charge on any atom is 0.309 e. The molecule has 1 aliphatic carbocycles. The summed E-state index contributed by atoms with van der Waals surface area (Å²) in [4.78, 5) is 11.4. The molecule has 0 fully saturated rings. The lowest BCUT2D eigenvalue weighted by Crippen LogP contribution is -2.11. The zero-order valence-corrected chi connectivity index (χ0v) is 11.5. The highest BCUT2D eigenvalue weighted by Crippen LogP contribution is 2.35. The van der Waals surface area contributed by atoms with Crippen molar-refractivity contribution in [1.29, 1.82) is 0 Å². The smallest absolute Gasteiger partial charge is 0.309 e. The molecule has 0 unspecified atom stereocenters. The molecular weight excluding hydrogens is 244 g/mol. The Morgan fingerprint density at radius 2 is 1.95 bits per heavy atom. The quantitative estimate of drug-likeness (QED) is 0.782. The van der Waals surface area contributed by atoms with Crippen LogP contribution in [0.4, 0.5) is 0 Å². The largest absolute Gasteiger partial charge is 0.497 e. The third-order valence-electron chi connectivity index (χ3n) is 3.36. The van der Waals surface area contributed by atoms with Crippen molar-refractivity contribution in [3.8, 4) is 5.75 Å². The van der Waals surface area contributed by atoms with Gasteiger partial charge in [-0.15, -0.1) is 0 Å². The fraction of sp³-hybridized carbons (Fsp3) is 0.400. The van der Waals surface area contributed by atoms with Gasteiger partial charge in [-0.1, -0.05) is 0 Å². The van der Waals surface area contributed by atoms with Crippen molar-refractivity contribution in [1.82, 2.24) is 0 Å². The molecule has 0 bridgehead atoms. The molecule has 102 valence electrons. The van der Waals surface area contributed by atoms with Crippen LogP contribution in [0, 0.1) is 0 Å². The van der Waals surface area contributed by atoms with Crippen molar-refractivity contribution < 1.29 is 19.0 Å². The molecule has 0 spiro atoms. The molecular formula is C15H18O4. The molecule has 0 radical (unpaired) electrons. The van der Waals surface area contributed by atoms with E-state index in [4.69, 9.17) is 14.2 Å². The second-order valence-electron chi connectivity index (χ2n) is 4.41. The predicted molar refractivity (Wildman–Crippen MR) is 71.9 cm³/mol. The van der Waals surface area contributed by atoms with Gasteiger partial charge in [0.2, 0.25) is 0 Å². The van der Waals surface area contributed by atoms with Crippen molar-refractivity contribution in [2.75, 3.05) is 21.3 Å². The van der Waals surface area contributed by atoms with Crippen molar-refractivity contribution >= 4 is 11.7 Å². The Labute approximate surface area is 113 Å². The molecule has 4 nitrogen and oxygen atoms in total. The first-order valence-electron chi connectivity index (χ1n) is 6.19. The van der Waals surface area contributed by atoms with Crippen molar-refractivity contribution in [3.05, 3.63) is 34.9 Å². The number of ether oxygens (including phenoxy) is 3. The van der Waals surface area contributed by atoms with Crippen LogP contribution in [0.2, 0.25) is 0 Å². The van der Waals surface area contributed by atoms with E-state index in [2.05, 4.69) is 0 Å². The second kappa shape index (κ2) is 5.78. The van der Waals surface area contributed by atoms with E-state index in [0.717, 1.165) is 35.5 Å². The number of methoxy groups -OCH3 is 3. The van der Waals surface area contributed by atoms with Crippen LogP contribution < -0.4 is 4.74 Å². The van der Waals surface area contributed by atoms with Gasteiger partial charge < -0.3 is 14.2 Å². The topological polar surface area (TPSA) is 44.8 Å². The summed E-state index contributed by atoms with van der Waals surface area (Å²) in [7, 11) is 4.68. The Bertz CT molecular complexity index is 517. The summed E-state index contributed by atoms with van der Waals surface area (Å²) >= 11 is 0. The zero-order valence-electron chi connectivity index (χ0n) is 11.5. The third-order valence-corrected chi connectivity index (χ3v) is 3.36. The Morgan fingerprint density at radius 3 is 2.58 bits per heavy atom. The molecule has 19 heavy (non-hydrogen) atoms. The Kier molecular flexibility index (Phi) is 4.10. The lowest BCUT2D eigenvalue weighted by atomic mass is 9.89. The molecule has 0 amide bonds. The van der Waals surface area contributed by atoms with Gasteiger partial charge in [-0.2, -0.15) is 0 Å². The molecule has 0 aliphatic heterocycles. The summed E-state index contributed by atoms with van der Waals surface area (Å²) in [6, 6.07) is 5.89. The highest BCUT2D eigenvalue weighted by Gasteiger charge is 2.22. The summed E-state index contributed by atoms with van der Waals surface area (Å²) in [6.07, 6.45) is 1.97. The van der Waals surface area contributed by atoms with E-state index in [1.807, 2.05) is 18.2 Å². The molecule has 0 aromatic heterocycles. The molecule has 1 aromatic carbocycles. The maximum atomic E-state index is 11.4. The van der Waals surface area contributed by atoms with Gasteiger partial charge in [0.15, 0.2) is 0 Å². The number of rotatable bonds is 4. The standard InChI is InChI=1S/C15H18O4/c1-17-12-6-7-13-10(8-12)4-5-11(15(13)19-3)9-14(16)18-2/h6-8H,4-5,9H2,1-3H3. The number of carbonyl (C=O) groups is 1. The predicted octanol–water partition coefficient (Wildman–Crippen LogP) is 2.56. The molecule has 1 aromatic rings. The van der Waals surface area contributed by atoms with E-state index in [1.54, 1.807) is 14.2 Å². The molecule has 0 atom stereocenters. The van der Waals surface area contributed by atoms with E-state index in [1.165, 1.54) is 12.7 Å². The molecule has 0 saturated carbocycles. The molecule has 4 heteroatoms. The van der Waals surface area contributed by atoms with E-state index in [0.29, 0.717) is 0 Å².